The summed E-state index contributed by atoms with van der Waals surface area (Å²) >= 11 is 0. The second-order valence-corrected chi connectivity index (χ2v) is 8.24. The molecule has 1 heterocycles. The van der Waals surface area contributed by atoms with Crippen molar-refractivity contribution >= 4 is 21.5 Å². The first-order valence-corrected chi connectivity index (χ1v) is 10.2. The zero-order valence-electron chi connectivity index (χ0n) is 15.7. The summed E-state index contributed by atoms with van der Waals surface area (Å²) in [6.45, 7) is 6.38. The van der Waals surface area contributed by atoms with Crippen molar-refractivity contribution < 1.29 is 8.42 Å². The number of aryl methyl sites for hydroxylation is 3. The Hall–Kier alpha value is -2.86. The van der Waals surface area contributed by atoms with E-state index in [1.165, 1.54) is 17.3 Å². The minimum absolute atomic E-state index is 0.282. The molecule has 6 heteroatoms. The molecule has 5 nitrogen and oxygen atoms in total. The van der Waals surface area contributed by atoms with E-state index < -0.39 is 10.0 Å². The number of anilines is 2. The van der Waals surface area contributed by atoms with E-state index >= 15 is 0 Å². The summed E-state index contributed by atoms with van der Waals surface area (Å²) in [6, 6.07) is 17.0. The van der Waals surface area contributed by atoms with Gasteiger partial charge in [0.1, 0.15) is 5.82 Å². The highest BCUT2D eigenvalue weighted by atomic mass is 32.2. The minimum atomic E-state index is -3.65. The minimum Gasteiger partial charge on any atom is -0.366 e. The lowest BCUT2D eigenvalue weighted by Crippen LogP contribution is -2.14. The van der Waals surface area contributed by atoms with Crippen LogP contribution >= 0.6 is 0 Å². The lowest BCUT2D eigenvalue weighted by atomic mass is 10.1. The van der Waals surface area contributed by atoms with E-state index in [0.717, 1.165) is 5.56 Å². The fraction of sp³-hybridized carbons (Fsp3) is 0.190. The molecule has 0 saturated heterocycles. The highest BCUT2D eigenvalue weighted by Gasteiger charge is 2.17. The Balaban J connectivity index is 1.70. The van der Waals surface area contributed by atoms with E-state index in [1.807, 2.05) is 25.1 Å². The molecule has 2 aromatic carbocycles. The Bertz CT molecular complexity index is 1050. The van der Waals surface area contributed by atoms with Gasteiger partial charge in [-0.3, -0.25) is 4.72 Å². The number of nitrogens with zero attached hydrogens (tertiary/aromatic N) is 1. The Labute approximate surface area is 160 Å². The summed E-state index contributed by atoms with van der Waals surface area (Å²) < 4.78 is 27.9. The van der Waals surface area contributed by atoms with E-state index in [2.05, 4.69) is 34.1 Å². The quantitative estimate of drug-likeness (QED) is 0.663. The van der Waals surface area contributed by atoms with E-state index in [0.29, 0.717) is 23.6 Å². The van der Waals surface area contributed by atoms with Crippen LogP contribution in [0, 0.1) is 20.8 Å². The van der Waals surface area contributed by atoms with Crippen LogP contribution in [-0.2, 0) is 16.6 Å². The second-order valence-electron chi connectivity index (χ2n) is 6.59. The average molecular weight is 382 g/mol. The number of sulfonamides is 1. The van der Waals surface area contributed by atoms with Gasteiger partial charge in [0.05, 0.1) is 16.8 Å². The molecule has 0 radical (unpaired) electrons. The maximum Gasteiger partial charge on any atom is 0.262 e. The monoisotopic (exact) mass is 381 g/mol. The number of hydrogen-bond acceptors (Lipinski definition) is 4. The van der Waals surface area contributed by atoms with E-state index in [4.69, 9.17) is 0 Å². The first kappa shape index (κ1) is 18.9. The van der Waals surface area contributed by atoms with Crippen molar-refractivity contribution in [1.29, 1.82) is 0 Å². The van der Waals surface area contributed by atoms with Gasteiger partial charge in [-0.25, -0.2) is 13.4 Å². The zero-order valence-corrected chi connectivity index (χ0v) is 16.5. The second kappa shape index (κ2) is 7.80. The van der Waals surface area contributed by atoms with Crippen LogP contribution in [-0.4, -0.2) is 13.4 Å². The van der Waals surface area contributed by atoms with Crippen LogP contribution in [0.5, 0.6) is 0 Å². The fourth-order valence-electron chi connectivity index (χ4n) is 2.76. The molecule has 1 aromatic heterocycles. The van der Waals surface area contributed by atoms with Crippen LogP contribution in [0.4, 0.5) is 11.5 Å². The smallest absolute Gasteiger partial charge is 0.262 e. The van der Waals surface area contributed by atoms with Crippen LogP contribution in [0.1, 0.15) is 22.3 Å². The molecule has 3 rings (SSSR count). The van der Waals surface area contributed by atoms with Gasteiger partial charge in [-0.2, -0.15) is 0 Å². The van der Waals surface area contributed by atoms with Gasteiger partial charge < -0.3 is 5.32 Å². The molecule has 0 aliphatic carbocycles. The molecule has 0 fully saturated rings. The van der Waals surface area contributed by atoms with Gasteiger partial charge in [-0.05, 0) is 61.2 Å². The molecule has 0 atom stereocenters. The number of aromatic nitrogens is 1. The van der Waals surface area contributed by atoms with Gasteiger partial charge in [0.2, 0.25) is 0 Å². The van der Waals surface area contributed by atoms with Crippen molar-refractivity contribution in [3.8, 4) is 0 Å². The number of pyridine rings is 1. The summed E-state index contributed by atoms with van der Waals surface area (Å²) in [7, 11) is -3.65. The van der Waals surface area contributed by atoms with Gasteiger partial charge >= 0.3 is 0 Å². The molecule has 0 saturated carbocycles. The number of nitrogens with one attached hydrogen (secondary N) is 2. The van der Waals surface area contributed by atoms with Gasteiger partial charge in [0, 0.05) is 6.54 Å². The van der Waals surface area contributed by atoms with Crippen LogP contribution in [0.2, 0.25) is 0 Å². The number of hydrogen-bond donors (Lipinski definition) is 2. The molecule has 0 aliphatic rings. The molecule has 140 valence electrons. The summed E-state index contributed by atoms with van der Waals surface area (Å²) in [6.07, 6.45) is 1.52. The lowest BCUT2D eigenvalue weighted by molar-refractivity contribution is 0.600. The molecule has 0 amide bonds. The largest absolute Gasteiger partial charge is 0.366 e. The lowest BCUT2D eigenvalue weighted by Gasteiger charge is -2.12. The molecule has 27 heavy (non-hydrogen) atoms. The molecule has 0 spiro atoms. The number of benzene rings is 2. The normalized spacial score (nSPS) is 11.2. The maximum absolute atomic E-state index is 12.7. The third-order valence-electron chi connectivity index (χ3n) is 4.37. The van der Waals surface area contributed by atoms with Crippen LogP contribution in [0.15, 0.2) is 65.7 Å². The molecule has 3 aromatic rings. The van der Waals surface area contributed by atoms with Crippen LogP contribution in [0.3, 0.4) is 0 Å². The van der Waals surface area contributed by atoms with Crippen molar-refractivity contribution in [2.24, 2.45) is 0 Å². The highest BCUT2D eigenvalue weighted by Crippen LogP contribution is 2.21. The summed E-state index contributed by atoms with van der Waals surface area (Å²) in [4.78, 5) is 4.58. The first-order chi connectivity index (χ1) is 12.8. The Morgan fingerprint density at radius 1 is 0.926 bits per heavy atom. The highest BCUT2D eigenvalue weighted by molar-refractivity contribution is 7.92. The average Bonchev–Trinajstić information content (AvgIpc) is 2.64. The Kier molecular flexibility index (Phi) is 5.46. The first-order valence-electron chi connectivity index (χ1n) is 8.70. The molecule has 0 bridgehead atoms. The molecule has 2 N–H and O–H groups in total. The van der Waals surface area contributed by atoms with E-state index in [-0.39, 0.29) is 4.90 Å². The standard InChI is InChI=1S/C21H23N3O2S/c1-15-8-9-17(3)20(12-15)27(25,26)24-19-10-11-21(23-14-19)22-13-18-7-5-4-6-16(18)2/h4-12,14,24H,13H2,1-3H3,(H,22,23). The predicted molar refractivity (Wildman–Crippen MR) is 109 cm³/mol. The van der Waals surface area contributed by atoms with Crippen molar-refractivity contribution in [2.45, 2.75) is 32.2 Å². The predicted octanol–water partition coefficient (Wildman–Crippen LogP) is 4.42. The third kappa shape index (κ3) is 4.65. The molecular formula is C21H23N3O2S. The Morgan fingerprint density at radius 2 is 1.70 bits per heavy atom. The third-order valence-corrected chi connectivity index (χ3v) is 5.89. The van der Waals surface area contributed by atoms with Crippen molar-refractivity contribution in [3.05, 3.63) is 83.0 Å². The van der Waals surface area contributed by atoms with Gasteiger partial charge in [-0.15, -0.1) is 0 Å². The maximum atomic E-state index is 12.7. The van der Waals surface area contributed by atoms with Crippen molar-refractivity contribution in [2.75, 3.05) is 10.0 Å². The summed E-state index contributed by atoms with van der Waals surface area (Å²) in [5.74, 6) is 0.688. The van der Waals surface area contributed by atoms with Crippen molar-refractivity contribution in [1.82, 2.24) is 4.98 Å². The number of rotatable bonds is 6. The van der Waals surface area contributed by atoms with Gasteiger partial charge in [0.15, 0.2) is 0 Å². The van der Waals surface area contributed by atoms with E-state index in [1.54, 1.807) is 31.2 Å². The van der Waals surface area contributed by atoms with E-state index in [9.17, 15) is 8.42 Å². The van der Waals surface area contributed by atoms with Gasteiger partial charge in [0.25, 0.3) is 10.0 Å². The summed E-state index contributed by atoms with van der Waals surface area (Å²) in [5, 5.41) is 3.25. The summed E-state index contributed by atoms with van der Waals surface area (Å²) in [5.41, 5.74) is 4.44. The Morgan fingerprint density at radius 3 is 2.41 bits per heavy atom. The SMILES string of the molecule is Cc1ccc(C)c(S(=O)(=O)Nc2ccc(NCc3ccccc3C)nc2)c1. The van der Waals surface area contributed by atoms with Crippen molar-refractivity contribution in [3.63, 3.8) is 0 Å². The molecule has 0 unspecified atom stereocenters. The van der Waals surface area contributed by atoms with Gasteiger partial charge in [-0.1, -0.05) is 36.4 Å². The van der Waals surface area contributed by atoms with Crippen LogP contribution < -0.4 is 10.0 Å². The fourth-order valence-corrected chi connectivity index (χ4v) is 4.13. The zero-order chi connectivity index (χ0) is 19.4. The van der Waals surface area contributed by atoms with Crippen LogP contribution in [0.25, 0.3) is 0 Å². The molecular weight excluding hydrogens is 358 g/mol. The molecule has 0 aliphatic heterocycles. The topological polar surface area (TPSA) is 71.1 Å².